The number of carbonyl (C=O) groups excluding carboxylic acids is 1. The van der Waals surface area contributed by atoms with Gasteiger partial charge in [0.25, 0.3) is 0 Å². The average molecular weight is 428 g/mol. The lowest BCUT2D eigenvalue weighted by Crippen LogP contribution is -2.25. The van der Waals surface area contributed by atoms with E-state index in [1.54, 1.807) is 0 Å². The van der Waals surface area contributed by atoms with Gasteiger partial charge in [0.15, 0.2) is 0 Å². The van der Waals surface area contributed by atoms with Gasteiger partial charge in [-0.05, 0) is 61.2 Å². The number of amides is 1. The van der Waals surface area contributed by atoms with E-state index < -0.39 is 0 Å². The van der Waals surface area contributed by atoms with Gasteiger partial charge in [-0.1, -0.05) is 48.5 Å². The molecule has 32 heavy (non-hydrogen) atoms. The molecule has 4 aromatic rings. The van der Waals surface area contributed by atoms with Gasteiger partial charge < -0.3 is 14.6 Å². The minimum Gasteiger partial charge on any atom is -0.492 e. The van der Waals surface area contributed by atoms with Crippen LogP contribution in [0.2, 0.25) is 0 Å². The number of fused-ring (bicyclic) bond motifs is 1. The molecule has 0 aliphatic heterocycles. The van der Waals surface area contributed by atoms with Crippen LogP contribution in [0, 0.1) is 13.8 Å². The summed E-state index contributed by atoms with van der Waals surface area (Å²) >= 11 is 0. The molecule has 0 aliphatic carbocycles. The van der Waals surface area contributed by atoms with Crippen LogP contribution in [-0.4, -0.2) is 22.1 Å². The number of para-hydroxylation sites is 2. The molecule has 1 aromatic heterocycles. The molecule has 1 N–H and O–H groups in total. The Balaban J connectivity index is 1.39. The van der Waals surface area contributed by atoms with Crippen molar-refractivity contribution in [3.8, 4) is 5.75 Å². The third kappa shape index (κ3) is 5.35. The molecule has 0 unspecified atom stereocenters. The van der Waals surface area contributed by atoms with Crippen LogP contribution in [0.1, 0.15) is 28.9 Å². The lowest BCUT2D eigenvalue weighted by molar-refractivity contribution is -0.121. The Kier molecular flexibility index (Phi) is 6.85. The molecule has 1 amide bonds. The van der Waals surface area contributed by atoms with Crippen LogP contribution in [0.25, 0.3) is 11.0 Å². The SMILES string of the molecule is Cc1ccc(OCCn2c(CNC(=O)CCc3ccccc3)nc3ccccc32)cc1C. The summed E-state index contributed by atoms with van der Waals surface area (Å²) in [5.74, 6) is 1.73. The third-order valence-electron chi connectivity index (χ3n) is 5.72. The first-order chi connectivity index (χ1) is 15.6. The zero-order valence-electron chi connectivity index (χ0n) is 18.7. The minimum atomic E-state index is 0.0267. The van der Waals surface area contributed by atoms with Crippen LogP contribution in [-0.2, 0) is 24.3 Å². The highest BCUT2D eigenvalue weighted by Crippen LogP contribution is 2.18. The highest BCUT2D eigenvalue weighted by molar-refractivity contribution is 5.77. The second-order valence-electron chi connectivity index (χ2n) is 8.03. The standard InChI is InChI=1S/C27H29N3O2/c1-20-12-14-23(18-21(20)2)32-17-16-30-25-11-7-6-10-24(25)29-26(30)19-28-27(31)15-13-22-8-4-3-5-9-22/h3-12,14,18H,13,15-17,19H2,1-2H3,(H,28,31). The largest absolute Gasteiger partial charge is 0.492 e. The summed E-state index contributed by atoms with van der Waals surface area (Å²) in [6.07, 6.45) is 1.19. The molecule has 3 aromatic carbocycles. The van der Waals surface area contributed by atoms with Crippen LogP contribution >= 0.6 is 0 Å². The van der Waals surface area contributed by atoms with Crippen molar-refractivity contribution in [1.82, 2.24) is 14.9 Å². The maximum absolute atomic E-state index is 12.4. The Bertz CT molecular complexity index is 1200. The number of hydrogen-bond acceptors (Lipinski definition) is 3. The van der Waals surface area contributed by atoms with Gasteiger partial charge in [0.05, 0.1) is 24.1 Å². The number of nitrogens with zero attached hydrogens (tertiary/aromatic N) is 2. The number of carbonyl (C=O) groups is 1. The molecule has 0 bridgehead atoms. The van der Waals surface area contributed by atoms with Crippen LogP contribution in [0.5, 0.6) is 5.75 Å². The Morgan fingerprint density at radius 3 is 2.56 bits per heavy atom. The van der Waals surface area contributed by atoms with Crippen LogP contribution < -0.4 is 10.1 Å². The number of benzene rings is 3. The Hall–Kier alpha value is -3.60. The second kappa shape index (κ2) is 10.1. The fourth-order valence-corrected chi connectivity index (χ4v) is 3.74. The van der Waals surface area contributed by atoms with Crippen molar-refractivity contribution in [3.63, 3.8) is 0 Å². The molecule has 5 heteroatoms. The van der Waals surface area contributed by atoms with Gasteiger partial charge in [-0.3, -0.25) is 4.79 Å². The molecule has 5 nitrogen and oxygen atoms in total. The number of rotatable bonds is 9. The molecule has 0 saturated heterocycles. The first-order valence-corrected chi connectivity index (χ1v) is 11.0. The van der Waals surface area contributed by atoms with Gasteiger partial charge in [0.2, 0.25) is 5.91 Å². The third-order valence-corrected chi connectivity index (χ3v) is 5.72. The zero-order valence-corrected chi connectivity index (χ0v) is 18.7. The van der Waals surface area contributed by atoms with Crippen molar-refractivity contribution in [2.45, 2.75) is 39.8 Å². The van der Waals surface area contributed by atoms with Crippen molar-refractivity contribution in [2.24, 2.45) is 0 Å². The number of imidazole rings is 1. The molecule has 0 aliphatic rings. The van der Waals surface area contributed by atoms with Crippen molar-refractivity contribution >= 4 is 16.9 Å². The van der Waals surface area contributed by atoms with E-state index in [4.69, 9.17) is 9.72 Å². The number of ether oxygens (including phenoxy) is 1. The van der Waals surface area contributed by atoms with E-state index in [0.717, 1.165) is 29.0 Å². The summed E-state index contributed by atoms with van der Waals surface area (Å²) in [6, 6.07) is 24.2. The topological polar surface area (TPSA) is 56.1 Å². The Morgan fingerprint density at radius 2 is 1.75 bits per heavy atom. The molecular weight excluding hydrogens is 398 g/mol. The van der Waals surface area contributed by atoms with Gasteiger partial charge in [-0.2, -0.15) is 0 Å². The number of hydrogen-bond donors (Lipinski definition) is 1. The molecular formula is C27H29N3O2. The molecule has 0 fully saturated rings. The molecule has 4 rings (SSSR count). The zero-order chi connectivity index (χ0) is 22.3. The predicted molar refractivity (Wildman–Crippen MR) is 128 cm³/mol. The molecule has 0 saturated carbocycles. The van der Waals surface area contributed by atoms with E-state index in [1.807, 2.05) is 54.6 Å². The van der Waals surface area contributed by atoms with Crippen molar-refractivity contribution in [1.29, 1.82) is 0 Å². The van der Waals surface area contributed by atoms with E-state index in [1.165, 1.54) is 16.7 Å². The van der Waals surface area contributed by atoms with Gasteiger partial charge in [-0.25, -0.2) is 4.98 Å². The van der Waals surface area contributed by atoms with Crippen molar-refractivity contribution in [3.05, 3.63) is 95.3 Å². The summed E-state index contributed by atoms with van der Waals surface area (Å²) < 4.78 is 8.13. The number of nitrogens with one attached hydrogen (secondary N) is 1. The van der Waals surface area contributed by atoms with Crippen molar-refractivity contribution in [2.75, 3.05) is 6.61 Å². The number of aryl methyl sites for hydroxylation is 3. The first kappa shape index (κ1) is 21.6. The molecule has 1 heterocycles. The molecule has 0 radical (unpaired) electrons. The minimum absolute atomic E-state index is 0.0267. The number of aromatic nitrogens is 2. The van der Waals surface area contributed by atoms with E-state index in [0.29, 0.717) is 26.1 Å². The monoisotopic (exact) mass is 427 g/mol. The summed E-state index contributed by atoms with van der Waals surface area (Å²) in [6.45, 7) is 5.76. The average Bonchev–Trinajstić information content (AvgIpc) is 3.17. The predicted octanol–water partition coefficient (Wildman–Crippen LogP) is 4.98. The van der Waals surface area contributed by atoms with E-state index in [-0.39, 0.29) is 5.91 Å². The van der Waals surface area contributed by atoms with Crippen molar-refractivity contribution < 1.29 is 9.53 Å². The summed E-state index contributed by atoms with van der Waals surface area (Å²) in [5.41, 5.74) is 5.60. The molecule has 164 valence electrons. The lowest BCUT2D eigenvalue weighted by atomic mass is 10.1. The van der Waals surface area contributed by atoms with Gasteiger partial charge in [0, 0.05) is 6.42 Å². The highest BCUT2D eigenvalue weighted by atomic mass is 16.5. The van der Waals surface area contributed by atoms with Gasteiger partial charge in [0.1, 0.15) is 18.2 Å². The second-order valence-corrected chi connectivity index (χ2v) is 8.03. The van der Waals surface area contributed by atoms with Gasteiger partial charge in [-0.15, -0.1) is 0 Å². The van der Waals surface area contributed by atoms with Crippen LogP contribution in [0.15, 0.2) is 72.8 Å². The maximum Gasteiger partial charge on any atom is 0.220 e. The normalized spacial score (nSPS) is 10.9. The highest BCUT2D eigenvalue weighted by Gasteiger charge is 2.12. The summed E-state index contributed by atoms with van der Waals surface area (Å²) in [5, 5.41) is 3.03. The Labute approximate surface area is 189 Å². The molecule has 0 atom stereocenters. The quantitative estimate of drug-likeness (QED) is 0.410. The Morgan fingerprint density at radius 1 is 0.969 bits per heavy atom. The smallest absolute Gasteiger partial charge is 0.220 e. The van der Waals surface area contributed by atoms with Gasteiger partial charge >= 0.3 is 0 Å². The lowest BCUT2D eigenvalue weighted by Gasteiger charge is -2.12. The summed E-state index contributed by atoms with van der Waals surface area (Å²) in [4.78, 5) is 17.1. The van der Waals surface area contributed by atoms with Crippen LogP contribution in [0.3, 0.4) is 0 Å². The van der Waals surface area contributed by atoms with E-state index in [2.05, 4.69) is 41.9 Å². The first-order valence-electron chi connectivity index (χ1n) is 11.0. The van der Waals surface area contributed by atoms with Crippen LogP contribution in [0.4, 0.5) is 0 Å². The fraction of sp³-hybridized carbons (Fsp3) is 0.259. The fourth-order valence-electron chi connectivity index (χ4n) is 3.74. The molecule has 0 spiro atoms. The maximum atomic E-state index is 12.4. The summed E-state index contributed by atoms with van der Waals surface area (Å²) in [7, 11) is 0. The van der Waals surface area contributed by atoms with E-state index in [9.17, 15) is 4.79 Å². The van der Waals surface area contributed by atoms with E-state index >= 15 is 0 Å².